The number of methoxy groups -OCH3 is 1. The minimum absolute atomic E-state index is 0.0773. The van der Waals surface area contributed by atoms with Crippen molar-refractivity contribution in [2.45, 2.75) is 71.0 Å². The monoisotopic (exact) mass is 962 g/mol. The Bertz CT molecular complexity index is 2340. The maximum absolute atomic E-state index is 12.7. The van der Waals surface area contributed by atoms with Crippen molar-refractivity contribution < 1.29 is 67.2 Å². The molecule has 1 aliphatic carbocycles. The Hall–Kier alpha value is -5.30. The lowest BCUT2D eigenvalue weighted by molar-refractivity contribution is -0.172. The average molecular weight is 964 g/mol. The molecule has 0 fully saturated rings. The number of aliphatic carboxylic acids is 1. The zero-order valence-electron chi connectivity index (χ0n) is 36.9. The number of rotatable bonds is 13. The van der Waals surface area contributed by atoms with Crippen LogP contribution in [0.25, 0.3) is 6.08 Å². The predicted octanol–water partition coefficient (Wildman–Crippen LogP) is 7.95. The Morgan fingerprint density at radius 1 is 0.954 bits per heavy atom. The van der Waals surface area contributed by atoms with Crippen LogP contribution in [-0.4, -0.2) is 96.2 Å². The first-order valence-corrected chi connectivity index (χ1v) is 22.7. The van der Waals surface area contributed by atoms with Crippen LogP contribution in [-0.2, 0) is 43.5 Å². The third-order valence-electron chi connectivity index (χ3n) is 10.1. The lowest BCUT2D eigenvalue weighted by Crippen LogP contribution is -2.45. The predicted molar refractivity (Wildman–Crippen MR) is 243 cm³/mol. The van der Waals surface area contributed by atoms with Gasteiger partial charge in [-0.05, 0) is 98.2 Å². The van der Waals surface area contributed by atoms with E-state index >= 15 is 0 Å². The smallest absolute Gasteiger partial charge is 0.349 e. The summed E-state index contributed by atoms with van der Waals surface area (Å²) >= 11 is 12.1. The number of halogens is 2. The molecule has 3 aromatic rings. The third kappa shape index (κ3) is 14.6. The van der Waals surface area contributed by atoms with E-state index in [0.717, 1.165) is 35.6 Å². The number of hydrogen-bond donors (Lipinski definition) is 5. The summed E-state index contributed by atoms with van der Waals surface area (Å²) in [6, 6.07) is 17.3. The van der Waals surface area contributed by atoms with E-state index in [9.17, 15) is 28.5 Å². The van der Waals surface area contributed by atoms with Crippen LogP contribution in [0.1, 0.15) is 70.9 Å². The van der Waals surface area contributed by atoms with E-state index in [-0.39, 0.29) is 34.9 Å². The number of carboxylic acids is 1. The maximum Gasteiger partial charge on any atom is 0.349 e. The van der Waals surface area contributed by atoms with Gasteiger partial charge in [0.15, 0.2) is 0 Å². The molecule has 18 nitrogen and oxygen atoms in total. The van der Waals surface area contributed by atoms with Crippen LogP contribution >= 0.6 is 30.8 Å². The van der Waals surface area contributed by atoms with Crippen molar-refractivity contribution in [3.63, 3.8) is 0 Å². The number of anilines is 2. The molecule has 352 valence electrons. The van der Waals surface area contributed by atoms with Gasteiger partial charge in [-0.3, -0.25) is 29.1 Å². The van der Waals surface area contributed by atoms with Crippen molar-refractivity contribution in [3.8, 4) is 17.2 Å². The van der Waals surface area contributed by atoms with Crippen molar-refractivity contribution in [1.82, 2.24) is 10.4 Å². The van der Waals surface area contributed by atoms with Gasteiger partial charge in [0.1, 0.15) is 22.3 Å². The highest BCUT2D eigenvalue weighted by Crippen LogP contribution is 2.46. The first kappa shape index (κ1) is 52.3. The highest BCUT2D eigenvalue weighted by Gasteiger charge is 2.42. The molecule has 0 spiro atoms. The number of carboxylic acid groups (broad SMARTS) is 1. The topological polar surface area (TPSA) is 240 Å². The molecule has 1 unspecified atom stereocenters. The Morgan fingerprint density at radius 2 is 1.57 bits per heavy atom. The van der Waals surface area contributed by atoms with Gasteiger partial charge in [0.05, 0.1) is 32.2 Å². The van der Waals surface area contributed by atoms with Gasteiger partial charge in [-0.2, -0.15) is 0 Å². The molecule has 3 aromatic carbocycles. The van der Waals surface area contributed by atoms with Crippen LogP contribution in [0.4, 0.5) is 16.2 Å². The van der Waals surface area contributed by atoms with Gasteiger partial charge in [0.2, 0.25) is 5.79 Å². The van der Waals surface area contributed by atoms with Gasteiger partial charge >= 0.3 is 25.6 Å². The van der Waals surface area contributed by atoms with Crippen LogP contribution in [0.15, 0.2) is 76.8 Å². The number of esters is 1. The molecule has 0 radical (unpaired) electrons. The molecular weight excluding hydrogens is 910 g/mol. The zero-order chi connectivity index (χ0) is 48.3. The van der Waals surface area contributed by atoms with Crippen LogP contribution in [0, 0.1) is 0 Å². The number of amides is 4. The van der Waals surface area contributed by atoms with E-state index in [1.807, 2.05) is 25.1 Å². The summed E-state index contributed by atoms with van der Waals surface area (Å²) in [5, 5.41) is 14.1. The van der Waals surface area contributed by atoms with Gasteiger partial charge in [-0.15, -0.1) is 0 Å². The van der Waals surface area contributed by atoms with Gasteiger partial charge < -0.3 is 39.2 Å². The number of hydroxylamine groups is 2. The number of carbonyl (C=O) groups is 5. The van der Waals surface area contributed by atoms with E-state index in [0.29, 0.717) is 57.4 Å². The fraction of sp³-hybridized carbons (Fsp3) is 0.386. The molecule has 2 aliphatic heterocycles. The molecule has 6 rings (SSSR count). The number of benzene rings is 3. The second kappa shape index (κ2) is 22.7. The molecule has 3 aliphatic rings. The summed E-state index contributed by atoms with van der Waals surface area (Å²) in [4.78, 5) is 81.0. The van der Waals surface area contributed by atoms with E-state index in [1.54, 1.807) is 56.5 Å². The standard InChI is InChI=1S/C22H28N2O5.C19H17Cl2NO4.C3H8NO5P/c1-21(2)14-22(3,26-5)29-19-13-17(11-12-18(19)21)28-16-9-7-15(8-10-16)23-20(25)24(4)27-6;1-2-26-19(25)16(21)10-11-9-12(7-8-15(11)20)22-17(23)13-5-3-4-6-14(13)18(22)24;5-3(6)1-4-2-10(7,8)9/h7-13H,14H2,1-6H3,(H,23,25);7-10H,2-6H2,1H3;4H,1-2H2,(H,5,6)(H2,7,8,9)/b;16-10-;. The van der Waals surface area contributed by atoms with Gasteiger partial charge in [-0.1, -0.05) is 43.1 Å². The van der Waals surface area contributed by atoms with Crippen molar-refractivity contribution in [2.75, 3.05) is 50.9 Å². The minimum atomic E-state index is -4.10. The average Bonchev–Trinajstić information content (AvgIpc) is 3.50. The van der Waals surface area contributed by atoms with Crippen molar-refractivity contribution in [3.05, 3.63) is 93.0 Å². The Kier molecular flexibility index (Phi) is 18.3. The highest BCUT2D eigenvalue weighted by atomic mass is 35.5. The first-order chi connectivity index (χ1) is 30.5. The number of nitrogens with one attached hydrogen (secondary N) is 2. The SMILES string of the molecule is CCOC(=O)/C(Cl)=C/c1cc(N2C(=O)C3=C(CCCC3)C2=O)ccc1Cl.CON(C)C(=O)Nc1ccc(Oc2ccc3c(c2)OC(C)(OC)CC3(C)C)cc1.O=C(O)CNCP(=O)(O)O. The van der Waals surface area contributed by atoms with Crippen molar-refractivity contribution in [1.29, 1.82) is 0 Å². The van der Waals surface area contributed by atoms with Gasteiger partial charge in [0.25, 0.3) is 11.8 Å². The van der Waals surface area contributed by atoms with Gasteiger partial charge in [0, 0.05) is 61.0 Å². The molecular formula is C44H53Cl2N4O14P. The van der Waals surface area contributed by atoms with Crippen LogP contribution in [0.3, 0.4) is 0 Å². The van der Waals surface area contributed by atoms with Gasteiger partial charge in [-0.25, -0.2) is 19.6 Å². The normalized spacial score (nSPS) is 17.6. The summed E-state index contributed by atoms with van der Waals surface area (Å²) in [6.07, 6.45) is 4.61. The quantitative estimate of drug-likeness (QED) is 0.0359. The number of carbonyl (C=O) groups excluding carboxylic acids is 4. The van der Waals surface area contributed by atoms with E-state index < -0.39 is 38.2 Å². The molecule has 1 atom stereocenters. The number of nitrogens with zero attached hydrogens (tertiary/aromatic N) is 2. The van der Waals surface area contributed by atoms with E-state index in [4.69, 9.17) is 61.9 Å². The molecule has 0 saturated carbocycles. The molecule has 65 heavy (non-hydrogen) atoms. The molecule has 5 N–H and O–H groups in total. The fourth-order valence-electron chi connectivity index (χ4n) is 6.98. The number of hydrogen-bond acceptors (Lipinski definition) is 12. The number of ether oxygens (including phenoxy) is 4. The number of urea groups is 1. The number of imide groups is 1. The molecule has 4 amide bonds. The molecule has 0 saturated heterocycles. The Labute approximate surface area is 386 Å². The summed E-state index contributed by atoms with van der Waals surface area (Å²) < 4.78 is 32.6. The van der Waals surface area contributed by atoms with E-state index in [1.165, 1.54) is 25.1 Å². The maximum atomic E-state index is 12.7. The summed E-state index contributed by atoms with van der Waals surface area (Å²) in [5.74, 6) is -0.978. The van der Waals surface area contributed by atoms with Crippen LogP contribution in [0.2, 0.25) is 5.02 Å². The molecule has 21 heteroatoms. The van der Waals surface area contributed by atoms with Crippen molar-refractivity contribution in [2.24, 2.45) is 0 Å². The van der Waals surface area contributed by atoms with Crippen LogP contribution in [0.5, 0.6) is 17.2 Å². The zero-order valence-corrected chi connectivity index (χ0v) is 39.3. The van der Waals surface area contributed by atoms with Crippen molar-refractivity contribution >= 4 is 78.0 Å². The molecule has 2 heterocycles. The first-order valence-electron chi connectivity index (χ1n) is 20.2. The lowest BCUT2D eigenvalue weighted by atomic mass is 9.76. The summed E-state index contributed by atoms with van der Waals surface area (Å²) in [7, 11) is 0.517. The summed E-state index contributed by atoms with van der Waals surface area (Å²) in [5.41, 5.74) is 3.73. The second-order valence-corrected chi connectivity index (χ2v) is 18.0. The van der Waals surface area contributed by atoms with Crippen LogP contribution < -0.4 is 25.0 Å². The minimum Gasteiger partial charge on any atom is -0.480 e. The molecule has 0 aromatic heterocycles. The lowest BCUT2D eigenvalue weighted by Gasteiger charge is -2.43. The van der Waals surface area contributed by atoms with E-state index in [2.05, 4.69) is 24.5 Å². The highest BCUT2D eigenvalue weighted by molar-refractivity contribution is 7.51. The summed E-state index contributed by atoms with van der Waals surface area (Å²) in [6.45, 7) is 7.74. The second-order valence-electron chi connectivity index (χ2n) is 15.6. The number of fused-ring (bicyclic) bond motifs is 1. The molecule has 0 bridgehead atoms. The Morgan fingerprint density at radius 3 is 2.12 bits per heavy atom. The third-order valence-corrected chi connectivity index (χ3v) is 11.3. The largest absolute Gasteiger partial charge is 0.480 e. The fourth-order valence-corrected chi connectivity index (χ4v) is 7.72. The Balaban J connectivity index is 0.000000237.